The number of allylic oxidation sites excluding steroid dienone is 6. The average molecular weight is 421 g/mol. The first-order valence-corrected chi connectivity index (χ1v) is 13.9. The monoisotopic (exact) mass is 420 g/mol. The maximum Gasteiger partial charge on any atom is -0.00848 e. The topological polar surface area (TPSA) is 0 Å². The molecule has 0 heteroatoms. The molecule has 5 aliphatic rings. The fourth-order valence-electron chi connectivity index (χ4n) is 9.45. The second-order valence-corrected chi connectivity index (χ2v) is 13.3. The molecule has 0 aliphatic heterocycles. The molecular weight excluding hydrogens is 372 g/mol. The standard InChI is InChI=1S/C31H48/c1-21(2)8-6-9-22(3)27-14-15-28-26-13-12-25-20-24(23-10-7-11-23)16-18-30(25,4)29(26)17-19-31(27,28)5/h7,10-12,21-22,24,26-29H,6,8-9,13-20H2,1-5H3/t22-,24+,26+,27-,28+,29+,30+,31-/m1/s1. The van der Waals surface area contributed by atoms with E-state index in [1.54, 1.807) is 5.57 Å². The number of hydrogen-bond donors (Lipinski definition) is 0. The zero-order chi connectivity index (χ0) is 21.8. The summed E-state index contributed by atoms with van der Waals surface area (Å²) in [6, 6.07) is 0. The van der Waals surface area contributed by atoms with Gasteiger partial charge in [0.25, 0.3) is 0 Å². The van der Waals surface area contributed by atoms with Crippen LogP contribution in [0.3, 0.4) is 0 Å². The van der Waals surface area contributed by atoms with Crippen LogP contribution in [0.2, 0.25) is 0 Å². The van der Waals surface area contributed by atoms with E-state index in [9.17, 15) is 0 Å². The molecule has 0 aromatic heterocycles. The molecule has 0 N–H and O–H groups in total. The molecule has 0 amide bonds. The number of fused-ring (bicyclic) bond motifs is 5. The zero-order valence-corrected chi connectivity index (χ0v) is 21.1. The van der Waals surface area contributed by atoms with E-state index >= 15 is 0 Å². The zero-order valence-electron chi connectivity index (χ0n) is 21.1. The van der Waals surface area contributed by atoms with E-state index in [2.05, 4.69) is 58.9 Å². The van der Waals surface area contributed by atoms with Crippen molar-refractivity contribution >= 4 is 0 Å². The minimum atomic E-state index is 0.510. The Hall–Kier alpha value is -0.780. The SMILES string of the molecule is CC(C)CCC[C@@H](C)[C@H]1CC[C@H]2[C@@H]3CC=C4C[C@@H](C5=CC=C5)CC[C@]4(C)[C@H]3CC[C@]12C. The molecule has 0 nitrogen and oxygen atoms in total. The molecule has 5 aliphatic carbocycles. The van der Waals surface area contributed by atoms with Crippen LogP contribution in [0.25, 0.3) is 0 Å². The van der Waals surface area contributed by atoms with Crippen molar-refractivity contribution in [1.82, 2.24) is 0 Å². The largest absolute Gasteiger partial charge is 0.0845 e. The van der Waals surface area contributed by atoms with Gasteiger partial charge in [-0.2, -0.15) is 0 Å². The van der Waals surface area contributed by atoms with Crippen LogP contribution in [-0.2, 0) is 0 Å². The Balaban J connectivity index is 1.30. The maximum atomic E-state index is 2.77. The summed E-state index contributed by atoms with van der Waals surface area (Å²) >= 11 is 0. The van der Waals surface area contributed by atoms with E-state index in [0.717, 1.165) is 41.4 Å². The van der Waals surface area contributed by atoms with Crippen molar-refractivity contribution < 1.29 is 0 Å². The average Bonchev–Trinajstić information content (AvgIpc) is 3.04. The lowest BCUT2D eigenvalue weighted by Crippen LogP contribution is -2.50. The van der Waals surface area contributed by atoms with Crippen molar-refractivity contribution in [3.05, 3.63) is 35.5 Å². The van der Waals surface area contributed by atoms with Gasteiger partial charge in [-0.05, 0) is 109 Å². The third-order valence-electron chi connectivity index (χ3n) is 11.4. The van der Waals surface area contributed by atoms with E-state index in [1.807, 2.05) is 5.57 Å². The van der Waals surface area contributed by atoms with Crippen LogP contribution < -0.4 is 0 Å². The van der Waals surface area contributed by atoms with Gasteiger partial charge in [0.2, 0.25) is 0 Å². The van der Waals surface area contributed by atoms with Crippen LogP contribution in [0.15, 0.2) is 35.5 Å². The van der Waals surface area contributed by atoms with Crippen molar-refractivity contribution in [3.8, 4) is 0 Å². The first-order valence-electron chi connectivity index (χ1n) is 13.9. The van der Waals surface area contributed by atoms with Crippen molar-refractivity contribution in [2.45, 2.75) is 105 Å². The van der Waals surface area contributed by atoms with Crippen molar-refractivity contribution in [2.24, 2.45) is 52.3 Å². The van der Waals surface area contributed by atoms with E-state index in [0.29, 0.717) is 10.8 Å². The van der Waals surface area contributed by atoms with Gasteiger partial charge in [-0.3, -0.25) is 0 Å². The summed E-state index contributed by atoms with van der Waals surface area (Å²) in [7, 11) is 0. The summed E-state index contributed by atoms with van der Waals surface area (Å²) in [6.07, 6.45) is 25.7. The lowest BCUT2D eigenvalue weighted by atomic mass is 9.46. The predicted octanol–water partition coefficient (Wildman–Crippen LogP) is 9.14. The normalized spacial score (nSPS) is 44.6. The Bertz CT molecular complexity index is 765. The summed E-state index contributed by atoms with van der Waals surface area (Å²) in [5, 5.41) is 0. The fourth-order valence-corrected chi connectivity index (χ4v) is 9.45. The summed E-state index contributed by atoms with van der Waals surface area (Å²) in [5.74, 6) is 6.52. The van der Waals surface area contributed by atoms with E-state index < -0.39 is 0 Å². The van der Waals surface area contributed by atoms with E-state index in [4.69, 9.17) is 0 Å². The van der Waals surface area contributed by atoms with Gasteiger partial charge < -0.3 is 0 Å². The van der Waals surface area contributed by atoms with Gasteiger partial charge in [-0.15, -0.1) is 0 Å². The molecule has 0 aromatic rings. The van der Waals surface area contributed by atoms with Gasteiger partial charge in [0, 0.05) is 0 Å². The predicted molar refractivity (Wildman–Crippen MR) is 134 cm³/mol. The lowest BCUT2D eigenvalue weighted by Gasteiger charge is -2.58. The third kappa shape index (κ3) is 3.63. The van der Waals surface area contributed by atoms with Crippen LogP contribution in [0, 0.1) is 52.3 Å². The van der Waals surface area contributed by atoms with Gasteiger partial charge in [0.15, 0.2) is 0 Å². The fraction of sp³-hybridized carbons (Fsp3) is 0.806. The quantitative estimate of drug-likeness (QED) is 0.376. The highest BCUT2D eigenvalue weighted by Crippen LogP contribution is 2.67. The summed E-state index contributed by atoms with van der Waals surface area (Å²) in [4.78, 5) is 0. The van der Waals surface area contributed by atoms with Crippen LogP contribution in [0.4, 0.5) is 0 Å². The molecule has 5 rings (SSSR count). The molecular formula is C31H48. The molecule has 0 heterocycles. The highest BCUT2D eigenvalue weighted by Gasteiger charge is 2.59. The molecule has 0 saturated heterocycles. The minimum Gasteiger partial charge on any atom is -0.0845 e. The summed E-state index contributed by atoms with van der Waals surface area (Å²) in [6.45, 7) is 12.8. The molecule has 0 spiro atoms. The molecule has 0 aromatic carbocycles. The highest BCUT2D eigenvalue weighted by atomic mass is 14.6. The molecule has 3 fully saturated rings. The Morgan fingerprint density at radius 1 is 0.968 bits per heavy atom. The summed E-state index contributed by atoms with van der Waals surface area (Å²) < 4.78 is 0. The molecule has 8 atom stereocenters. The molecule has 0 radical (unpaired) electrons. The lowest BCUT2D eigenvalue weighted by molar-refractivity contribution is -0.0518. The van der Waals surface area contributed by atoms with Gasteiger partial charge in [0.05, 0.1) is 0 Å². The molecule has 3 saturated carbocycles. The maximum absolute atomic E-state index is 2.77. The molecule has 0 unspecified atom stereocenters. The van der Waals surface area contributed by atoms with Gasteiger partial charge in [0.1, 0.15) is 0 Å². The van der Waals surface area contributed by atoms with Gasteiger partial charge in [-0.1, -0.05) is 83.8 Å². The van der Waals surface area contributed by atoms with Gasteiger partial charge in [-0.25, -0.2) is 0 Å². The number of rotatable bonds is 6. The van der Waals surface area contributed by atoms with Crippen LogP contribution in [-0.4, -0.2) is 0 Å². The first-order chi connectivity index (χ1) is 14.8. The number of hydrogen-bond acceptors (Lipinski definition) is 0. The second-order valence-electron chi connectivity index (χ2n) is 13.3. The Labute approximate surface area is 193 Å². The molecule has 172 valence electrons. The highest BCUT2D eigenvalue weighted by molar-refractivity contribution is 5.39. The van der Waals surface area contributed by atoms with Crippen molar-refractivity contribution in [2.75, 3.05) is 0 Å². The van der Waals surface area contributed by atoms with Crippen LogP contribution in [0.1, 0.15) is 105 Å². The van der Waals surface area contributed by atoms with Crippen molar-refractivity contribution in [1.29, 1.82) is 0 Å². The smallest absolute Gasteiger partial charge is 0.00848 e. The Kier molecular flexibility index (Phi) is 5.84. The molecule has 0 bridgehead atoms. The Morgan fingerprint density at radius 3 is 2.48 bits per heavy atom. The van der Waals surface area contributed by atoms with Crippen LogP contribution in [0.5, 0.6) is 0 Å². The third-order valence-corrected chi connectivity index (χ3v) is 11.4. The first kappa shape index (κ1) is 22.0. The Morgan fingerprint density at radius 2 is 1.77 bits per heavy atom. The molecule has 31 heavy (non-hydrogen) atoms. The van der Waals surface area contributed by atoms with Gasteiger partial charge >= 0.3 is 0 Å². The summed E-state index contributed by atoms with van der Waals surface area (Å²) in [5.41, 5.74) is 4.62. The van der Waals surface area contributed by atoms with E-state index in [-0.39, 0.29) is 0 Å². The van der Waals surface area contributed by atoms with Crippen molar-refractivity contribution in [3.63, 3.8) is 0 Å². The van der Waals surface area contributed by atoms with Crippen LogP contribution >= 0.6 is 0 Å². The second kappa shape index (κ2) is 8.22. The minimum absolute atomic E-state index is 0.510. The van der Waals surface area contributed by atoms with E-state index in [1.165, 1.54) is 70.6 Å².